The maximum atomic E-state index is 12.3. The Morgan fingerprint density at radius 2 is 1.93 bits per heavy atom. The van der Waals surface area contributed by atoms with Crippen LogP contribution in [0.2, 0.25) is 0 Å². The van der Waals surface area contributed by atoms with Crippen LogP contribution in [0.25, 0.3) is 11.0 Å². The van der Waals surface area contributed by atoms with Crippen molar-refractivity contribution in [2.45, 2.75) is 6.42 Å². The van der Waals surface area contributed by atoms with Crippen LogP contribution in [-0.4, -0.2) is 48.5 Å². The van der Waals surface area contributed by atoms with Gasteiger partial charge in [-0.1, -0.05) is 6.07 Å². The number of nitrogens with one attached hydrogen (secondary N) is 1. The second-order valence-electron chi connectivity index (χ2n) is 6.82. The Bertz CT molecular complexity index is 1010. The van der Waals surface area contributed by atoms with Gasteiger partial charge >= 0.3 is 5.63 Å². The van der Waals surface area contributed by atoms with E-state index in [2.05, 4.69) is 20.1 Å². The molecule has 0 aliphatic carbocycles. The second-order valence-corrected chi connectivity index (χ2v) is 6.82. The van der Waals surface area contributed by atoms with Gasteiger partial charge in [0.05, 0.1) is 0 Å². The third-order valence-electron chi connectivity index (χ3n) is 4.90. The summed E-state index contributed by atoms with van der Waals surface area (Å²) >= 11 is 0. The van der Waals surface area contributed by atoms with Crippen molar-refractivity contribution >= 4 is 28.4 Å². The molecule has 3 heterocycles. The first-order valence-electron chi connectivity index (χ1n) is 9.39. The summed E-state index contributed by atoms with van der Waals surface area (Å²) in [5.74, 6) is 0.982. The van der Waals surface area contributed by atoms with E-state index in [4.69, 9.17) is 4.42 Å². The van der Waals surface area contributed by atoms with Crippen molar-refractivity contribution in [3.05, 3.63) is 65.1 Å². The number of fused-ring (bicyclic) bond motifs is 1. The Kier molecular flexibility index (Phi) is 5.34. The van der Waals surface area contributed by atoms with E-state index in [1.807, 2.05) is 30.5 Å². The molecule has 1 aliphatic heterocycles. The summed E-state index contributed by atoms with van der Waals surface area (Å²) in [6.45, 7) is 4.38. The number of carbonyl (C=O) groups is 1. The lowest BCUT2D eigenvalue weighted by molar-refractivity contribution is -0.116. The highest BCUT2D eigenvalue weighted by Crippen LogP contribution is 2.18. The number of benzene rings is 1. The number of hydrogen-bond donors (Lipinski definition) is 1. The van der Waals surface area contributed by atoms with Gasteiger partial charge in [0.15, 0.2) is 0 Å². The lowest BCUT2D eigenvalue weighted by atomic mass is 10.2. The molecular weight excluding hydrogens is 356 g/mol. The first kappa shape index (κ1) is 18.2. The number of anilines is 2. The molecule has 1 amide bonds. The zero-order valence-corrected chi connectivity index (χ0v) is 15.5. The van der Waals surface area contributed by atoms with Gasteiger partial charge in [-0.3, -0.25) is 9.69 Å². The first-order chi connectivity index (χ1) is 13.7. The fourth-order valence-corrected chi connectivity index (χ4v) is 3.37. The molecule has 3 aromatic rings. The van der Waals surface area contributed by atoms with E-state index >= 15 is 0 Å². The predicted molar refractivity (Wildman–Crippen MR) is 109 cm³/mol. The van der Waals surface area contributed by atoms with Gasteiger partial charge in [0.25, 0.3) is 0 Å². The summed E-state index contributed by atoms with van der Waals surface area (Å²) in [7, 11) is 0. The van der Waals surface area contributed by atoms with Gasteiger partial charge in [0.1, 0.15) is 11.4 Å². The fourth-order valence-electron chi connectivity index (χ4n) is 3.37. The molecule has 7 nitrogen and oxygen atoms in total. The Morgan fingerprint density at radius 3 is 2.71 bits per heavy atom. The standard InChI is InChI=1S/C21H22N4O3/c26-20(23-17-5-6-18-16(15-17)4-7-21(27)28-18)8-10-24-11-13-25(14-12-24)19-3-1-2-9-22-19/h1-7,9,15H,8,10-14H2,(H,23,26). The van der Waals surface area contributed by atoms with Crippen LogP contribution in [0, 0.1) is 0 Å². The average Bonchev–Trinajstić information content (AvgIpc) is 2.73. The van der Waals surface area contributed by atoms with E-state index in [1.54, 1.807) is 18.2 Å². The van der Waals surface area contributed by atoms with Crippen molar-refractivity contribution in [2.24, 2.45) is 0 Å². The molecule has 4 rings (SSSR count). The molecule has 7 heteroatoms. The van der Waals surface area contributed by atoms with Crippen LogP contribution in [0.4, 0.5) is 11.5 Å². The highest BCUT2D eigenvalue weighted by Gasteiger charge is 2.18. The topological polar surface area (TPSA) is 78.7 Å². The molecule has 28 heavy (non-hydrogen) atoms. The molecule has 1 aromatic carbocycles. The lowest BCUT2D eigenvalue weighted by Gasteiger charge is -2.35. The second kappa shape index (κ2) is 8.22. The molecule has 0 atom stereocenters. The van der Waals surface area contributed by atoms with Gasteiger partial charge in [-0.15, -0.1) is 0 Å². The van der Waals surface area contributed by atoms with Crippen LogP contribution in [0.3, 0.4) is 0 Å². The third kappa shape index (κ3) is 4.37. The van der Waals surface area contributed by atoms with Gasteiger partial charge < -0.3 is 14.6 Å². The number of piperazine rings is 1. The smallest absolute Gasteiger partial charge is 0.336 e. The molecule has 144 valence electrons. The fraction of sp³-hybridized carbons (Fsp3) is 0.286. The molecule has 1 N–H and O–H groups in total. The maximum Gasteiger partial charge on any atom is 0.336 e. The Hall–Kier alpha value is -3.19. The molecule has 0 spiro atoms. The molecule has 0 bridgehead atoms. The van der Waals surface area contributed by atoms with Gasteiger partial charge in [0, 0.05) is 62.5 Å². The molecule has 1 fully saturated rings. The van der Waals surface area contributed by atoms with Crippen LogP contribution >= 0.6 is 0 Å². The number of nitrogens with zero attached hydrogens (tertiary/aromatic N) is 3. The summed E-state index contributed by atoms with van der Waals surface area (Å²) in [6.07, 6.45) is 2.25. The van der Waals surface area contributed by atoms with Crippen molar-refractivity contribution in [2.75, 3.05) is 42.9 Å². The van der Waals surface area contributed by atoms with Crippen molar-refractivity contribution in [1.82, 2.24) is 9.88 Å². The van der Waals surface area contributed by atoms with Gasteiger partial charge in [-0.05, 0) is 36.4 Å². The largest absolute Gasteiger partial charge is 0.423 e. The summed E-state index contributed by atoms with van der Waals surface area (Å²) < 4.78 is 5.11. The number of aromatic nitrogens is 1. The van der Waals surface area contributed by atoms with E-state index in [-0.39, 0.29) is 11.5 Å². The first-order valence-corrected chi connectivity index (χ1v) is 9.39. The SMILES string of the molecule is O=C(CCN1CCN(c2ccccn2)CC1)Nc1ccc2oc(=O)ccc2c1. The number of amides is 1. The number of carbonyl (C=O) groups excluding carboxylic acids is 1. The van der Waals surface area contributed by atoms with Gasteiger partial charge in [-0.2, -0.15) is 0 Å². The number of pyridine rings is 1. The molecule has 1 aliphatic rings. The van der Waals surface area contributed by atoms with Crippen molar-refractivity contribution < 1.29 is 9.21 Å². The van der Waals surface area contributed by atoms with Gasteiger partial charge in [0.2, 0.25) is 5.91 Å². The lowest BCUT2D eigenvalue weighted by Crippen LogP contribution is -2.47. The third-order valence-corrected chi connectivity index (χ3v) is 4.90. The van der Waals surface area contributed by atoms with E-state index in [0.717, 1.165) is 43.9 Å². The van der Waals surface area contributed by atoms with E-state index in [0.29, 0.717) is 17.7 Å². The minimum atomic E-state index is -0.382. The zero-order valence-electron chi connectivity index (χ0n) is 15.5. The van der Waals surface area contributed by atoms with Crippen molar-refractivity contribution in [1.29, 1.82) is 0 Å². The average molecular weight is 378 g/mol. The number of hydrogen-bond acceptors (Lipinski definition) is 6. The van der Waals surface area contributed by atoms with E-state index in [1.165, 1.54) is 6.07 Å². The summed E-state index contributed by atoms with van der Waals surface area (Å²) in [5.41, 5.74) is 0.829. The van der Waals surface area contributed by atoms with Crippen LogP contribution in [0.5, 0.6) is 0 Å². The number of rotatable bonds is 5. The summed E-state index contributed by atoms with van der Waals surface area (Å²) in [6, 6.07) is 14.3. The molecule has 0 saturated carbocycles. The minimum absolute atomic E-state index is 0.0242. The van der Waals surface area contributed by atoms with Crippen molar-refractivity contribution in [3.63, 3.8) is 0 Å². The van der Waals surface area contributed by atoms with Crippen molar-refractivity contribution in [3.8, 4) is 0 Å². The Labute approximate surface area is 162 Å². The monoisotopic (exact) mass is 378 g/mol. The minimum Gasteiger partial charge on any atom is -0.423 e. The molecular formula is C21H22N4O3. The Balaban J connectivity index is 1.26. The summed E-state index contributed by atoms with van der Waals surface area (Å²) in [5, 5.41) is 3.70. The van der Waals surface area contributed by atoms with E-state index < -0.39 is 0 Å². The van der Waals surface area contributed by atoms with E-state index in [9.17, 15) is 9.59 Å². The normalized spacial score (nSPS) is 14.9. The molecule has 1 saturated heterocycles. The quantitative estimate of drug-likeness (QED) is 0.687. The summed E-state index contributed by atoms with van der Waals surface area (Å²) in [4.78, 5) is 32.5. The van der Waals surface area contributed by atoms with Crippen LogP contribution in [-0.2, 0) is 4.79 Å². The maximum absolute atomic E-state index is 12.3. The highest BCUT2D eigenvalue weighted by molar-refractivity contribution is 5.93. The predicted octanol–water partition coefficient (Wildman–Crippen LogP) is 2.34. The van der Waals surface area contributed by atoms with Crippen LogP contribution in [0.1, 0.15) is 6.42 Å². The molecule has 0 radical (unpaired) electrons. The van der Waals surface area contributed by atoms with Crippen LogP contribution < -0.4 is 15.8 Å². The zero-order chi connectivity index (χ0) is 19.3. The Morgan fingerprint density at radius 1 is 1.07 bits per heavy atom. The highest BCUT2D eigenvalue weighted by atomic mass is 16.4. The van der Waals surface area contributed by atoms with Crippen LogP contribution in [0.15, 0.2) is 63.9 Å². The van der Waals surface area contributed by atoms with Gasteiger partial charge in [-0.25, -0.2) is 9.78 Å². The molecule has 0 unspecified atom stereocenters. The molecule has 2 aromatic heterocycles.